The fourth-order valence-electron chi connectivity index (χ4n) is 1.83. The predicted octanol–water partition coefficient (Wildman–Crippen LogP) is 3.24. The number of likely N-dealkylation sites (N-methyl/N-ethyl adjacent to an activating group) is 1. The Bertz CT molecular complexity index is 240. The van der Waals surface area contributed by atoms with Gasteiger partial charge < -0.3 is 5.11 Å². The molecule has 0 rings (SSSR count). The van der Waals surface area contributed by atoms with Crippen LogP contribution in [0.15, 0.2) is 0 Å². The molecule has 0 radical (unpaired) electrons. The van der Waals surface area contributed by atoms with Crippen molar-refractivity contribution in [2.24, 2.45) is 11.8 Å². The van der Waals surface area contributed by atoms with E-state index in [1.165, 1.54) is 0 Å². The Kier molecular flexibility index (Phi) is 6.76. The molecule has 0 aliphatic rings. The van der Waals surface area contributed by atoms with Crippen LogP contribution >= 0.6 is 0 Å². The van der Waals surface area contributed by atoms with Crippen LogP contribution in [0, 0.1) is 11.8 Å². The van der Waals surface area contributed by atoms with Crippen LogP contribution in [-0.2, 0) is 4.79 Å². The molecular weight excluding hydrogens is 214 g/mol. The van der Waals surface area contributed by atoms with Crippen LogP contribution in [0.25, 0.3) is 0 Å². The zero-order chi connectivity index (χ0) is 13.6. The monoisotopic (exact) mass is 243 g/mol. The van der Waals surface area contributed by atoms with Gasteiger partial charge in [0.25, 0.3) is 0 Å². The summed E-state index contributed by atoms with van der Waals surface area (Å²) in [4.78, 5) is 13.5. The molecule has 0 aromatic heterocycles. The van der Waals surface area contributed by atoms with Crippen molar-refractivity contribution < 1.29 is 9.90 Å². The molecule has 0 aromatic carbocycles. The van der Waals surface area contributed by atoms with Crippen molar-refractivity contribution in [3.05, 3.63) is 0 Å². The highest BCUT2D eigenvalue weighted by atomic mass is 16.4. The average molecular weight is 243 g/mol. The van der Waals surface area contributed by atoms with Crippen molar-refractivity contribution in [3.63, 3.8) is 0 Å². The Morgan fingerprint density at radius 1 is 1.35 bits per heavy atom. The summed E-state index contributed by atoms with van der Waals surface area (Å²) in [6.45, 7) is 11.3. The number of aliphatic carboxylic acids is 1. The summed E-state index contributed by atoms with van der Waals surface area (Å²) >= 11 is 0. The number of hydrogen-bond donors (Lipinski definition) is 1. The fourth-order valence-corrected chi connectivity index (χ4v) is 1.83. The summed E-state index contributed by atoms with van der Waals surface area (Å²) in [6, 6.07) is 0. The van der Waals surface area contributed by atoms with Gasteiger partial charge in [0.1, 0.15) is 5.54 Å². The Hall–Kier alpha value is -0.570. The molecule has 0 fully saturated rings. The first kappa shape index (κ1) is 16.4. The van der Waals surface area contributed by atoms with Crippen LogP contribution in [0.2, 0.25) is 0 Å². The van der Waals surface area contributed by atoms with Gasteiger partial charge in [0, 0.05) is 6.54 Å². The minimum atomic E-state index is -0.728. The Morgan fingerprint density at radius 3 is 2.24 bits per heavy atom. The van der Waals surface area contributed by atoms with Gasteiger partial charge in [0.05, 0.1) is 0 Å². The van der Waals surface area contributed by atoms with Crippen molar-refractivity contribution in [1.82, 2.24) is 4.90 Å². The third-order valence-corrected chi connectivity index (χ3v) is 3.79. The van der Waals surface area contributed by atoms with Crippen molar-refractivity contribution >= 4 is 5.97 Å². The molecule has 1 N–H and O–H groups in total. The van der Waals surface area contributed by atoms with Gasteiger partial charge in [-0.1, -0.05) is 34.1 Å². The summed E-state index contributed by atoms with van der Waals surface area (Å²) in [5, 5.41) is 9.46. The SMILES string of the molecule is CCC(C)CN(C)C(C)(CCC(C)C)C(=O)O. The maximum absolute atomic E-state index is 11.5. The van der Waals surface area contributed by atoms with E-state index in [0.717, 1.165) is 19.4 Å². The second kappa shape index (κ2) is 7.00. The van der Waals surface area contributed by atoms with E-state index in [4.69, 9.17) is 0 Å². The maximum Gasteiger partial charge on any atom is 0.323 e. The highest BCUT2D eigenvalue weighted by Crippen LogP contribution is 2.24. The smallest absolute Gasteiger partial charge is 0.323 e. The van der Waals surface area contributed by atoms with Gasteiger partial charge in [-0.3, -0.25) is 9.69 Å². The summed E-state index contributed by atoms with van der Waals surface area (Å²) < 4.78 is 0. The number of carboxylic acid groups (broad SMARTS) is 1. The zero-order valence-corrected chi connectivity index (χ0v) is 12.3. The van der Waals surface area contributed by atoms with E-state index in [2.05, 4.69) is 27.7 Å². The van der Waals surface area contributed by atoms with Gasteiger partial charge in [0.2, 0.25) is 0 Å². The highest BCUT2D eigenvalue weighted by molar-refractivity contribution is 5.78. The van der Waals surface area contributed by atoms with E-state index < -0.39 is 11.5 Å². The normalized spacial score (nSPS) is 17.2. The Labute approximate surface area is 106 Å². The van der Waals surface area contributed by atoms with E-state index in [9.17, 15) is 9.90 Å². The molecular formula is C14H29NO2. The van der Waals surface area contributed by atoms with E-state index >= 15 is 0 Å². The molecule has 0 heterocycles. The molecule has 0 bridgehead atoms. The Balaban J connectivity index is 4.63. The van der Waals surface area contributed by atoms with Crippen molar-refractivity contribution in [3.8, 4) is 0 Å². The molecule has 0 amide bonds. The van der Waals surface area contributed by atoms with Crippen LogP contribution in [0.1, 0.15) is 53.9 Å². The summed E-state index contributed by atoms with van der Waals surface area (Å²) in [6.07, 6.45) is 2.75. The van der Waals surface area contributed by atoms with Gasteiger partial charge in [-0.2, -0.15) is 0 Å². The largest absolute Gasteiger partial charge is 0.480 e. The highest BCUT2D eigenvalue weighted by Gasteiger charge is 2.37. The molecule has 3 heteroatoms. The van der Waals surface area contributed by atoms with Crippen molar-refractivity contribution in [2.75, 3.05) is 13.6 Å². The summed E-state index contributed by atoms with van der Waals surface area (Å²) in [5.74, 6) is 0.382. The standard InChI is InChI=1S/C14H29NO2/c1-7-12(4)10-15(6)14(5,13(16)17)9-8-11(2)3/h11-12H,7-10H2,1-6H3,(H,16,17). The lowest BCUT2D eigenvalue weighted by Crippen LogP contribution is -2.51. The Morgan fingerprint density at radius 2 is 1.88 bits per heavy atom. The van der Waals surface area contributed by atoms with Crippen LogP contribution in [0.5, 0.6) is 0 Å². The first-order valence-electron chi connectivity index (χ1n) is 6.68. The molecule has 0 saturated heterocycles. The molecule has 3 nitrogen and oxygen atoms in total. The van der Waals surface area contributed by atoms with Gasteiger partial charge in [-0.25, -0.2) is 0 Å². The molecule has 0 aromatic rings. The van der Waals surface area contributed by atoms with Gasteiger partial charge >= 0.3 is 5.97 Å². The van der Waals surface area contributed by atoms with Gasteiger partial charge in [-0.05, 0) is 38.6 Å². The van der Waals surface area contributed by atoms with Crippen LogP contribution < -0.4 is 0 Å². The second-order valence-corrected chi connectivity index (χ2v) is 5.91. The van der Waals surface area contributed by atoms with E-state index in [1.54, 1.807) is 0 Å². The predicted molar refractivity (Wildman–Crippen MR) is 72.2 cm³/mol. The third-order valence-electron chi connectivity index (χ3n) is 3.79. The number of carboxylic acids is 1. The second-order valence-electron chi connectivity index (χ2n) is 5.91. The molecule has 17 heavy (non-hydrogen) atoms. The quantitative estimate of drug-likeness (QED) is 0.711. The van der Waals surface area contributed by atoms with Crippen molar-refractivity contribution in [2.45, 2.75) is 59.4 Å². The number of hydrogen-bond acceptors (Lipinski definition) is 2. The van der Waals surface area contributed by atoms with E-state index in [-0.39, 0.29) is 0 Å². The number of carbonyl (C=O) groups is 1. The van der Waals surface area contributed by atoms with Gasteiger partial charge in [0.15, 0.2) is 0 Å². The lowest BCUT2D eigenvalue weighted by atomic mass is 9.89. The van der Waals surface area contributed by atoms with E-state index in [0.29, 0.717) is 18.3 Å². The topological polar surface area (TPSA) is 40.5 Å². The van der Waals surface area contributed by atoms with E-state index in [1.807, 2.05) is 18.9 Å². The maximum atomic E-state index is 11.5. The number of nitrogens with zero attached hydrogens (tertiary/aromatic N) is 1. The van der Waals surface area contributed by atoms with Crippen LogP contribution in [0.3, 0.4) is 0 Å². The summed E-state index contributed by atoms with van der Waals surface area (Å²) in [5.41, 5.74) is -0.728. The van der Waals surface area contributed by atoms with Crippen LogP contribution in [0.4, 0.5) is 0 Å². The molecule has 0 saturated carbocycles. The van der Waals surface area contributed by atoms with Crippen molar-refractivity contribution in [1.29, 1.82) is 0 Å². The average Bonchev–Trinajstić information content (AvgIpc) is 2.24. The zero-order valence-electron chi connectivity index (χ0n) is 12.3. The molecule has 0 aliphatic carbocycles. The lowest BCUT2D eigenvalue weighted by molar-refractivity contribution is -0.150. The fraction of sp³-hybridized carbons (Fsp3) is 0.929. The van der Waals surface area contributed by atoms with Gasteiger partial charge in [-0.15, -0.1) is 0 Å². The molecule has 0 aliphatic heterocycles. The lowest BCUT2D eigenvalue weighted by Gasteiger charge is -2.37. The molecule has 0 spiro atoms. The minimum Gasteiger partial charge on any atom is -0.480 e. The minimum absolute atomic E-state index is 0.540. The number of rotatable bonds is 8. The third kappa shape index (κ3) is 5.07. The molecule has 102 valence electrons. The summed E-state index contributed by atoms with van der Waals surface area (Å²) in [7, 11) is 1.93. The molecule has 2 unspecified atom stereocenters. The van der Waals surface area contributed by atoms with Crippen LogP contribution in [-0.4, -0.2) is 35.1 Å². The molecule has 2 atom stereocenters. The first-order chi connectivity index (χ1) is 7.74. The first-order valence-corrected chi connectivity index (χ1v) is 6.68.